The molecule has 0 spiro atoms. The Labute approximate surface area is 160 Å². The molecule has 1 unspecified atom stereocenters. The molecule has 0 fully saturated rings. The summed E-state index contributed by atoms with van der Waals surface area (Å²) in [5, 5.41) is 3.13. The minimum absolute atomic E-state index is 0.0988. The lowest BCUT2D eigenvalue weighted by molar-refractivity contribution is -0.150. The van der Waals surface area contributed by atoms with Crippen LogP contribution < -0.4 is 5.32 Å². The van der Waals surface area contributed by atoms with Crippen LogP contribution in [0.15, 0.2) is 65.5 Å². The van der Waals surface area contributed by atoms with E-state index in [9.17, 15) is 9.59 Å². The molecule has 1 atom stereocenters. The quantitative estimate of drug-likeness (QED) is 0.628. The molecule has 1 aromatic rings. The van der Waals surface area contributed by atoms with Crippen LogP contribution in [0.3, 0.4) is 0 Å². The Morgan fingerprint density at radius 1 is 1.07 bits per heavy atom. The number of esters is 2. The molecule has 1 aliphatic rings. The largest absolute Gasteiger partial charge is 0.458 e. The number of ether oxygens (including phenoxy) is 2. The number of carbonyl (C=O) groups excluding carboxylic acids is 2. The van der Waals surface area contributed by atoms with Crippen molar-refractivity contribution in [1.29, 1.82) is 0 Å². The first-order valence-electron chi connectivity index (χ1n) is 8.90. The zero-order valence-corrected chi connectivity index (χ0v) is 16.6. The van der Waals surface area contributed by atoms with Gasteiger partial charge in [-0.05, 0) is 40.2 Å². The van der Waals surface area contributed by atoms with Crippen molar-refractivity contribution in [3.8, 4) is 0 Å². The average molecular weight is 369 g/mol. The van der Waals surface area contributed by atoms with Gasteiger partial charge in [0.15, 0.2) is 0 Å². The summed E-state index contributed by atoms with van der Waals surface area (Å²) in [6.07, 6.45) is 1.51. The second-order valence-corrected chi connectivity index (χ2v) is 7.44. The molecular weight excluding hydrogens is 342 g/mol. The maximum atomic E-state index is 13.0. The van der Waals surface area contributed by atoms with Crippen LogP contribution in [0.2, 0.25) is 0 Å². The topological polar surface area (TPSA) is 64.6 Å². The Hall–Kier alpha value is -2.82. The molecular formula is C22H27NO4. The summed E-state index contributed by atoms with van der Waals surface area (Å²) in [6, 6.07) is 9.42. The monoisotopic (exact) mass is 369 g/mol. The van der Waals surface area contributed by atoms with Crippen molar-refractivity contribution in [2.24, 2.45) is 0 Å². The van der Waals surface area contributed by atoms with E-state index >= 15 is 0 Å². The molecule has 1 aliphatic heterocycles. The molecule has 0 saturated carbocycles. The fraction of sp³-hybridized carbons (Fsp3) is 0.364. The number of carbonyl (C=O) groups is 2. The molecule has 1 aromatic carbocycles. The van der Waals surface area contributed by atoms with E-state index in [-0.39, 0.29) is 6.61 Å². The van der Waals surface area contributed by atoms with Gasteiger partial charge in [0.25, 0.3) is 0 Å². The Balaban J connectivity index is 2.57. The Morgan fingerprint density at radius 2 is 1.63 bits per heavy atom. The van der Waals surface area contributed by atoms with Gasteiger partial charge >= 0.3 is 11.9 Å². The number of hydrogen-bond acceptors (Lipinski definition) is 5. The van der Waals surface area contributed by atoms with Crippen molar-refractivity contribution in [2.45, 2.75) is 46.1 Å². The molecule has 0 bridgehead atoms. The number of rotatable bonds is 5. The van der Waals surface area contributed by atoms with Gasteiger partial charge in [-0.3, -0.25) is 0 Å². The van der Waals surface area contributed by atoms with Crippen molar-refractivity contribution in [2.75, 3.05) is 6.61 Å². The third-order valence-corrected chi connectivity index (χ3v) is 4.06. The van der Waals surface area contributed by atoms with Crippen molar-refractivity contribution in [1.82, 2.24) is 5.32 Å². The highest BCUT2D eigenvalue weighted by atomic mass is 16.6. The fourth-order valence-electron chi connectivity index (χ4n) is 3.06. The maximum Gasteiger partial charge on any atom is 0.337 e. The summed E-state index contributed by atoms with van der Waals surface area (Å²) < 4.78 is 10.9. The zero-order valence-electron chi connectivity index (χ0n) is 16.6. The minimum atomic E-state index is -0.648. The van der Waals surface area contributed by atoms with E-state index < -0.39 is 23.5 Å². The van der Waals surface area contributed by atoms with Crippen LogP contribution in [-0.4, -0.2) is 24.1 Å². The Kier molecular flexibility index (Phi) is 6.26. The van der Waals surface area contributed by atoms with Crippen LogP contribution in [-0.2, 0) is 19.1 Å². The molecule has 1 heterocycles. The third-order valence-electron chi connectivity index (χ3n) is 4.06. The summed E-state index contributed by atoms with van der Waals surface area (Å²) in [4.78, 5) is 25.8. The molecule has 5 heteroatoms. The second-order valence-electron chi connectivity index (χ2n) is 7.44. The van der Waals surface area contributed by atoms with Crippen LogP contribution in [0, 0.1) is 0 Å². The lowest BCUT2D eigenvalue weighted by Crippen LogP contribution is -2.35. The predicted octanol–water partition coefficient (Wildman–Crippen LogP) is 3.99. The predicted molar refractivity (Wildman–Crippen MR) is 105 cm³/mol. The van der Waals surface area contributed by atoms with Crippen molar-refractivity contribution in [3.05, 3.63) is 71.1 Å². The van der Waals surface area contributed by atoms with Crippen LogP contribution in [0.25, 0.3) is 0 Å². The number of nitrogens with one attached hydrogen (secondary N) is 1. The van der Waals surface area contributed by atoms with Gasteiger partial charge in [0.1, 0.15) is 12.2 Å². The fourth-order valence-corrected chi connectivity index (χ4v) is 3.06. The molecule has 144 valence electrons. The maximum absolute atomic E-state index is 13.0. The van der Waals surface area contributed by atoms with E-state index in [1.54, 1.807) is 6.92 Å². The lowest BCUT2D eigenvalue weighted by Gasteiger charge is -2.32. The van der Waals surface area contributed by atoms with E-state index in [2.05, 4.69) is 11.9 Å². The molecule has 0 saturated heterocycles. The molecule has 0 radical (unpaired) electrons. The SMILES string of the molecule is C=CCOC(=O)C1=C(C)NC(C)=C(C(=O)OC(C)(C)C)C1c1ccccc1. The summed E-state index contributed by atoms with van der Waals surface area (Å²) in [7, 11) is 0. The average Bonchev–Trinajstić information content (AvgIpc) is 2.58. The third kappa shape index (κ3) is 4.88. The van der Waals surface area contributed by atoms with Gasteiger partial charge in [0.2, 0.25) is 0 Å². The first-order valence-corrected chi connectivity index (χ1v) is 8.90. The van der Waals surface area contributed by atoms with Crippen molar-refractivity contribution < 1.29 is 19.1 Å². The van der Waals surface area contributed by atoms with Gasteiger partial charge in [-0.15, -0.1) is 0 Å². The van der Waals surface area contributed by atoms with E-state index in [1.807, 2.05) is 58.0 Å². The van der Waals surface area contributed by atoms with Crippen LogP contribution >= 0.6 is 0 Å². The van der Waals surface area contributed by atoms with E-state index in [1.165, 1.54) is 6.08 Å². The summed E-state index contributed by atoms with van der Waals surface area (Å²) in [6.45, 7) is 12.7. The summed E-state index contributed by atoms with van der Waals surface area (Å²) >= 11 is 0. The first kappa shape index (κ1) is 20.5. The zero-order chi connectivity index (χ0) is 20.2. The molecule has 27 heavy (non-hydrogen) atoms. The number of hydrogen-bond donors (Lipinski definition) is 1. The minimum Gasteiger partial charge on any atom is -0.458 e. The Bertz CT molecular complexity index is 797. The van der Waals surface area contributed by atoms with Gasteiger partial charge in [-0.2, -0.15) is 0 Å². The standard InChI is InChI=1S/C22H27NO4/c1-7-13-26-20(24)17-14(2)23-15(3)18(21(25)27-22(4,5)6)19(17)16-11-9-8-10-12-16/h7-12,19,23H,1,13H2,2-6H3. The second kappa shape index (κ2) is 8.25. The van der Waals surface area contributed by atoms with Gasteiger partial charge in [-0.1, -0.05) is 43.0 Å². The van der Waals surface area contributed by atoms with Gasteiger partial charge in [-0.25, -0.2) is 9.59 Å². The van der Waals surface area contributed by atoms with E-state index in [4.69, 9.17) is 9.47 Å². The van der Waals surface area contributed by atoms with E-state index in [0.717, 1.165) is 5.56 Å². The Morgan fingerprint density at radius 3 is 2.15 bits per heavy atom. The smallest absolute Gasteiger partial charge is 0.337 e. The highest BCUT2D eigenvalue weighted by Crippen LogP contribution is 2.39. The molecule has 0 aromatic heterocycles. The van der Waals surface area contributed by atoms with Gasteiger partial charge in [0.05, 0.1) is 17.1 Å². The first-order chi connectivity index (χ1) is 12.7. The number of dihydropyridines is 1. The lowest BCUT2D eigenvalue weighted by atomic mass is 9.80. The van der Waals surface area contributed by atoms with Gasteiger partial charge in [0, 0.05) is 11.4 Å². The van der Waals surface area contributed by atoms with E-state index in [0.29, 0.717) is 22.5 Å². The highest BCUT2D eigenvalue weighted by molar-refractivity contribution is 6.00. The molecule has 0 aliphatic carbocycles. The summed E-state index contributed by atoms with van der Waals surface area (Å²) in [5.41, 5.74) is 2.30. The summed E-state index contributed by atoms with van der Waals surface area (Å²) in [5.74, 6) is -1.51. The van der Waals surface area contributed by atoms with Crippen molar-refractivity contribution in [3.63, 3.8) is 0 Å². The van der Waals surface area contributed by atoms with Crippen LogP contribution in [0.1, 0.15) is 46.1 Å². The van der Waals surface area contributed by atoms with Crippen LogP contribution in [0.4, 0.5) is 0 Å². The molecule has 1 N–H and O–H groups in total. The molecule has 0 amide bonds. The van der Waals surface area contributed by atoms with Crippen molar-refractivity contribution >= 4 is 11.9 Å². The molecule has 2 rings (SSSR count). The number of allylic oxidation sites excluding steroid dienone is 2. The van der Waals surface area contributed by atoms with Gasteiger partial charge < -0.3 is 14.8 Å². The van der Waals surface area contributed by atoms with Crippen LogP contribution in [0.5, 0.6) is 0 Å². The number of benzene rings is 1. The molecule has 5 nitrogen and oxygen atoms in total. The normalized spacial score (nSPS) is 17.3. The highest BCUT2D eigenvalue weighted by Gasteiger charge is 2.38.